The van der Waals surface area contributed by atoms with Gasteiger partial charge in [-0.25, -0.2) is 0 Å². The van der Waals surface area contributed by atoms with Gasteiger partial charge in [-0.3, -0.25) is 4.90 Å². The highest BCUT2D eigenvalue weighted by atomic mass is 15.2. The third-order valence-corrected chi connectivity index (χ3v) is 3.36. The van der Waals surface area contributed by atoms with Crippen molar-refractivity contribution in [3.8, 4) is 0 Å². The molecule has 1 aromatic carbocycles. The van der Waals surface area contributed by atoms with Gasteiger partial charge < -0.3 is 5.32 Å². The Kier molecular flexibility index (Phi) is 3.75. The standard InChI is InChI=1S/C14H20N2/c1-3-14-9-13(15-2)11-16(14)10-12-7-5-4-6-8-12/h3-8,13-15H,1,9-11H2,2H3/t13-,14+/m0/s1. The summed E-state index contributed by atoms with van der Waals surface area (Å²) in [7, 11) is 2.04. The second-order valence-corrected chi connectivity index (χ2v) is 4.44. The fourth-order valence-electron chi connectivity index (χ4n) is 2.39. The molecule has 1 heterocycles. The molecular formula is C14H20N2. The zero-order valence-electron chi connectivity index (χ0n) is 9.89. The third-order valence-electron chi connectivity index (χ3n) is 3.36. The Labute approximate surface area is 98.0 Å². The van der Waals surface area contributed by atoms with Crippen LogP contribution in [0.15, 0.2) is 43.0 Å². The van der Waals surface area contributed by atoms with Crippen LogP contribution in [0.5, 0.6) is 0 Å². The Hall–Kier alpha value is -1.12. The lowest BCUT2D eigenvalue weighted by Crippen LogP contribution is -2.30. The maximum Gasteiger partial charge on any atom is 0.0295 e. The van der Waals surface area contributed by atoms with Gasteiger partial charge in [-0.05, 0) is 19.0 Å². The van der Waals surface area contributed by atoms with Crippen LogP contribution in [0.1, 0.15) is 12.0 Å². The maximum absolute atomic E-state index is 3.93. The Balaban J connectivity index is 2.01. The molecule has 1 aromatic rings. The second-order valence-electron chi connectivity index (χ2n) is 4.44. The largest absolute Gasteiger partial charge is 0.316 e. The number of nitrogens with one attached hydrogen (secondary N) is 1. The van der Waals surface area contributed by atoms with Crippen molar-refractivity contribution in [2.75, 3.05) is 13.6 Å². The van der Waals surface area contributed by atoms with E-state index in [4.69, 9.17) is 0 Å². The molecule has 0 amide bonds. The van der Waals surface area contributed by atoms with Crippen molar-refractivity contribution in [1.82, 2.24) is 10.2 Å². The van der Waals surface area contributed by atoms with Gasteiger partial charge in [0.1, 0.15) is 0 Å². The molecule has 1 aliphatic rings. The molecule has 0 aromatic heterocycles. The van der Waals surface area contributed by atoms with Crippen molar-refractivity contribution < 1.29 is 0 Å². The van der Waals surface area contributed by atoms with Gasteiger partial charge in [0, 0.05) is 25.2 Å². The molecule has 0 spiro atoms. The monoisotopic (exact) mass is 216 g/mol. The predicted octanol–water partition coefficient (Wildman–Crippen LogP) is 2.03. The van der Waals surface area contributed by atoms with Crippen LogP contribution in [0.2, 0.25) is 0 Å². The van der Waals surface area contributed by atoms with Gasteiger partial charge in [-0.2, -0.15) is 0 Å². The van der Waals surface area contributed by atoms with Gasteiger partial charge in [0.25, 0.3) is 0 Å². The highest BCUT2D eigenvalue weighted by Gasteiger charge is 2.28. The number of rotatable bonds is 4. The first-order valence-corrected chi connectivity index (χ1v) is 5.91. The normalized spacial score (nSPS) is 25.8. The first kappa shape index (κ1) is 11.4. The number of likely N-dealkylation sites (tertiary alicyclic amines) is 1. The van der Waals surface area contributed by atoms with Crippen LogP contribution >= 0.6 is 0 Å². The Morgan fingerprint density at radius 1 is 1.44 bits per heavy atom. The molecule has 0 radical (unpaired) electrons. The molecule has 2 atom stereocenters. The number of benzene rings is 1. The smallest absolute Gasteiger partial charge is 0.0295 e. The molecule has 0 bridgehead atoms. The summed E-state index contributed by atoms with van der Waals surface area (Å²) in [6, 6.07) is 11.8. The molecule has 2 heteroatoms. The lowest BCUT2D eigenvalue weighted by molar-refractivity contribution is 0.278. The minimum Gasteiger partial charge on any atom is -0.316 e. The topological polar surface area (TPSA) is 15.3 Å². The average molecular weight is 216 g/mol. The zero-order valence-corrected chi connectivity index (χ0v) is 9.89. The van der Waals surface area contributed by atoms with E-state index < -0.39 is 0 Å². The molecule has 1 fully saturated rings. The quantitative estimate of drug-likeness (QED) is 0.775. The van der Waals surface area contributed by atoms with Gasteiger partial charge in [0.15, 0.2) is 0 Å². The minimum absolute atomic E-state index is 0.512. The third kappa shape index (κ3) is 2.52. The first-order chi connectivity index (χ1) is 7.83. The van der Waals surface area contributed by atoms with E-state index in [1.54, 1.807) is 0 Å². The molecule has 2 nitrogen and oxygen atoms in total. The molecular weight excluding hydrogens is 196 g/mol. The summed E-state index contributed by atoms with van der Waals surface area (Å²) in [6.45, 7) is 6.07. The van der Waals surface area contributed by atoms with Crippen LogP contribution in [0.25, 0.3) is 0 Å². The number of hydrogen-bond acceptors (Lipinski definition) is 2. The zero-order chi connectivity index (χ0) is 11.4. The average Bonchev–Trinajstić information content (AvgIpc) is 2.73. The van der Waals surface area contributed by atoms with E-state index in [0.29, 0.717) is 12.1 Å². The summed E-state index contributed by atoms with van der Waals surface area (Å²) in [5.74, 6) is 0. The van der Waals surface area contributed by atoms with E-state index in [2.05, 4.69) is 53.2 Å². The van der Waals surface area contributed by atoms with E-state index in [0.717, 1.165) is 13.1 Å². The van der Waals surface area contributed by atoms with Crippen LogP contribution in [0.3, 0.4) is 0 Å². The van der Waals surface area contributed by atoms with Gasteiger partial charge in [-0.15, -0.1) is 6.58 Å². The number of nitrogens with zero attached hydrogens (tertiary/aromatic N) is 1. The van der Waals surface area contributed by atoms with Crippen molar-refractivity contribution in [3.63, 3.8) is 0 Å². The summed E-state index contributed by atoms with van der Waals surface area (Å²) >= 11 is 0. The summed E-state index contributed by atoms with van der Waals surface area (Å²) in [4.78, 5) is 2.49. The van der Waals surface area contributed by atoms with Gasteiger partial charge in [-0.1, -0.05) is 36.4 Å². The van der Waals surface area contributed by atoms with Gasteiger partial charge in [0.2, 0.25) is 0 Å². The van der Waals surface area contributed by atoms with Crippen molar-refractivity contribution >= 4 is 0 Å². The fraction of sp³-hybridized carbons (Fsp3) is 0.429. The first-order valence-electron chi connectivity index (χ1n) is 5.91. The minimum atomic E-state index is 0.512. The van der Waals surface area contributed by atoms with Crippen LogP contribution < -0.4 is 5.32 Å². The van der Waals surface area contributed by atoms with Gasteiger partial charge >= 0.3 is 0 Å². The van der Waals surface area contributed by atoms with Crippen molar-refractivity contribution in [1.29, 1.82) is 0 Å². The van der Waals surface area contributed by atoms with E-state index in [1.165, 1.54) is 12.0 Å². The summed E-state index contributed by atoms with van der Waals surface area (Å²) in [5.41, 5.74) is 1.38. The SMILES string of the molecule is C=C[C@@H]1C[C@H](NC)CN1Cc1ccccc1. The summed E-state index contributed by atoms with van der Waals surface area (Å²) in [6.07, 6.45) is 3.24. The highest BCUT2D eigenvalue weighted by Crippen LogP contribution is 2.20. The molecule has 1 N–H and O–H groups in total. The van der Waals surface area contributed by atoms with E-state index in [9.17, 15) is 0 Å². The molecule has 0 aliphatic carbocycles. The number of likely N-dealkylation sites (N-methyl/N-ethyl adjacent to an activating group) is 1. The Bertz CT molecular complexity index is 334. The molecule has 0 unspecified atom stereocenters. The van der Waals surface area contributed by atoms with Crippen LogP contribution in [0, 0.1) is 0 Å². The molecule has 2 rings (SSSR count). The molecule has 0 saturated carbocycles. The summed E-state index contributed by atoms with van der Waals surface area (Å²) in [5, 5.41) is 3.35. The van der Waals surface area contributed by atoms with Crippen molar-refractivity contribution in [2.24, 2.45) is 0 Å². The molecule has 1 saturated heterocycles. The molecule has 86 valence electrons. The lowest BCUT2D eigenvalue weighted by Gasteiger charge is -2.21. The van der Waals surface area contributed by atoms with Crippen LogP contribution in [-0.4, -0.2) is 30.6 Å². The molecule has 16 heavy (non-hydrogen) atoms. The van der Waals surface area contributed by atoms with Crippen LogP contribution in [0.4, 0.5) is 0 Å². The van der Waals surface area contributed by atoms with Crippen molar-refractivity contribution in [3.05, 3.63) is 48.6 Å². The Morgan fingerprint density at radius 3 is 2.81 bits per heavy atom. The second kappa shape index (κ2) is 5.28. The van der Waals surface area contributed by atoms with Gasteiger partial charge in [0.05, 0.1) is 0 Å². The van der Waals surface area contributed by atoms with E-state index in [1.807, 2.05) is 7.05 Å². The van der Waals surface area contributed by atoms with E-state index >= 15 is 0 Å². The molecule has 1 aliphatic heterocycles. The maximum atomic E-state index is 3.93. The summed E-state index contributed by atoms with van der Waals surface area (Å²) < 4.78 is 0. The highest BCUT2D eigenvalue weighted by molar-refractivity contribution is 5.15. The predicted molar refractivity (Wildman–Crippen MR) is 68.3 cm³/mol. The van der Waals surface area contributed by atoms with Crippen molar-refractivity contribution in [2.45, 2.75) is 25.0 Å². The fourth-order valence-corrected chi connectivity index (χ4v) is 2.39. The van der Waals surface area contributed by atoms with Crippen LogP contribution in [-0.2, 0) is 6.54 Å². The lowest BCUT2D eigenvalue weighted by atomic mass is 10.1. The number of hydrogen-bond donors (Lipinski definition) is 1. The van der Waals surface area contributed by atoms with E-state index in [-0.39, 0.29) is 0 Å². The Morgan fingerprint density at radius 2 is 2.19 bits per heavy atom.